The van der Waals surface area contributed by atoms with Gasteiger partial charge in [-0.05, 0) is 48.1 Å². The number of carbonyl (C=O) groups is 1. The molecule has 2 aromatic rings. The molecule has 0 bridgehead atoms. The molecular weight excluding hydrogens is 429 g/mol. The predicted octanol–water partition coefficient (Wildman–Crippen LogP) is 5.17. The Hall–Kier alpha value is -2.99. The summed E-state index contributed by atoms with van der Waals surface area (Å²) >= 11 is 0. The zero-order valence-corrected chi connectivity index (χ0v) is 17.3. The van der Waals surface area contributed by atoms with Crippen LogP contribution in [-0.4, -0.2) is 23.7 Å². The van der Waals surface area contributed by atoms with Gasteiger partial charge in [0.05, 0.1) is 12.1 Å². The second kappa shape index (κ2) is 9.25. The summed E-state index contributed by atoms with van der Waals surface area (Å²) in [6.45, 7) is 1.75. The van der Waals surface area contributed by atoms with E-state index in [0.717, 1.165) is 12.1 Å². The molecule has 1 aliphatic rings. The van der Waals surface area contributed by atoms with E-state index in [2.05, 4.69) is 10.6 Å². The van der Waals surface area contributed by atoms with Crippen LogP contribution in [0.3, 0.4) is 0 Å². The molecule has 1 amide bonds. The first-order chi connectivity index (χ1) is 15.1. The third-order valence-corrected chi connectivity index (χ3v) is 5.41. The summed E-state index contributed by atoms with van der Waals surface area (Å²) in [4.78, 5) is 12.6. The average Bonchev–Trinajstić information content (AvgIpc) is 3.52. The molecule has 2 aromatic carbocycles. The van der Waals surface area contributed by atoms with Crippen molar-refractivity contribution in [3.05, 3.63) is 59.7 Å². The molecule has 3 rings (SSSR count). The molecule has 2 atom stereocenters. The van der Waals surface area contributed by atoms with E-state index in [-0.39, 0.29) is 12.0 Å². The number of nitrogens with one attached hydrogen (secondary N) is 2. The van der Waals surface area contributed by atoms with Crippen molar-refractivity contribution in [2.45, 2.75) is 56.4 Å². The van der Waals surface area contributed by atoms with Crippen molar-refractivity contribution in [3.63, 3.8) is 0 Å². The summed E-state index contributed by atoms with van der Waals surface area (Å²) in [6.07, 6.45) is -3.12. The highest BCUT2D eigenvalue weighted by molar-refractivity contribution is 5.83. The molecule has 0 unspecified atom stereocenters. The van der Waals surface area contributed by atoms with Gasteiger partial charge in [-0.25, -0.2) is 8.78 Å². The van der Waals surface area contributed by atoms with Crippen molar-refractivity contribution in [1.29, 1.82) is 5.26 Å². The van der Waals surface area contributed by atoms with Gasteiger partial charge in [-0.15, -0.1) is 0 Å². The van der Waals surface area contributed by atoms with Gasteiger partial charge in [-0.3, -0.25) is 10.1 Å². The SMILES string of the molecule is CCC[C@H](N[C@@H](c1ccc(-c2ccc(F)c(F)c2)cc1)C(F)(F)F)C(=O)NC1(C#N)CC1. The molecule has 0 aliphatic heterocycles. The smallest absolute Gasteiger partial charge is 0.336 e. The number of hydrogen-bond acceptors (Lipinski definition) is 3. The van der Waals surface area contributed by atoms with Crippen molar-refractivity contribution in [3.8, 4) is 17.2 Å². The molecule has 9 heteroatoms. The zero-order chi connectivity index (χ0) is 23.5. The molecule has 0 heterocycles. The van der Waals surface area contributed by atoms with Crippen LogP contribution in [0.4, 0.5) is 22.0 Å². The number of rotatable bonds is 8. The molecule has 0 radical (unpaired) electrons. The highest BCUT2D eigenvalue weighted by Crippen LogP contribution is 2.36. The standard InChI is InChI=1S/C23H22F5N3O/c1-2-3-19(21(32)31-22(13-29)10-11-22)30-20(23(26,27)28)15-6-4-14(5-7-15)16-8-9-17(24)18(25)12-16/h4-9,12,19-20,30H,2-3,10-11H2,1H3,(H,31,32)/t19-,20-/m0/s1. The minimum absolute atomic E-state index is 0.126. The molecule has 0 aromatic heterocycles. The van der Waals surface area contributed by atoms with Crippen molar-refractivity contribution >= 4 is 5.91 Å². The van der Waals surface area contributed by atoms with E-state index in [1.807, 2.05) is 6.07 Å². The van der Waals surface area contributed by atoms with Gasteiger partial charge in [0.2, 0.25) is 5.91 Å². The zero-order valence-electron chi connectivity index (χ0n) is 17.3. The number of amides is 1. The normalized spacial score (nSPS) is 16.7. The van der Waals surface area contributed by atoms with Crippen molar-refractivity contribution in [2.75, 3.05) is 0 Å². The first kappa shape index (κ1) is 23.7. The Kier molecular flexibility index (Phi) is 6.84. The number of carbonyl (C=O) groups excluding carboxylic acids is 1. The maximum Gasteiger partial charge on any atom is 0.407 e. The van der Waals surface area contributed by atoms with Crippen LogP contribution in [-0.2, 0) is 4.79 Å². The van der Waals surface area contributed by atoms with Gasteiger partial charge in [-0.1, -0.05) is 43.7 Å². The molecule has 1 fully saturated rings. The Balaban J connectivity index is 1.83. The summed E-state index contributed by atoms with van der Waals surface area (Å²) in [5.74, 6) is -2.71. The van der Waals surface area contributed by atoms with E-state index in [1.165, 1.54) is 30.3 Å². The highest BCUT2D eigenvalue weighted by atomic mass is 19.4. The molecule has 0 saturated heterocycles. The van der Waals surface area contributed by atoms with Crippen LogP contribution in [0.25, 0.3) is 11.1 Å². The van der Waals surface area contributed by atoms with Crippen LogP contribution in [0.5, 0.6) is 0 Å². The van der Waals surface area contributed by atoms with Crippen LogP contribution in [0.1, 0.15) is 44.2 Å². The van der Waals surface area contributed by atoms with E-state index in [0.29, 0.717) is 30.4 Å². The summed E-state index contributed by atoms with van der Waals surface area (Å²) in [5, 5.41) is 14.1. The lowest BCUT2D eigenvalue weighted by Crippen LogP contribution is -2.51. The third-order valence-electron chi connectivity index (χ3n) is 5.41. The number of nitriles is 1. The molecule has 0 spiro atoms. The molecule has 32 heavy (non-hydrogen) atoms. The van der Waals surface area contributed by atoms with E-state index in [1.54, 1.807) is 6.92 Å². The van der Waals surface area contributed by atoms with Gasteiger partial charge >= 0.3 is 6.18 Å². The second-order valence-electron chi connectivity index (χ2n) is 7.92. The van der Waals surface area contributed by atoms with Gasteiger partial charge in [0.25, 0.3) is 0 Å². The van der Waals surface area contributed by atoms with Gasteiger partial charge in [-0.2, -0.15) is 18.4 Å². The van der Waals surface area contributed by atoms with Crippen LogP contribution >= 0.6 is 0 Å². The molecule has 4 nitrogen and oxygen atoms in total. The maximum atomic E-state index is 13.9. The molecule has 2 N–H and O–H groups in total. The number of halogens is 5. The summed E-state index contributed by atoms with van der Waals surface area (Å²) in [5.41, 5.74) is -0.369. The largest absolute Gasteiger partial charge is 0.407 e. The van der Waals surface area contributed by atoms with E-state index < -0.39 is 41.3 Å². The summed E-state index contributed by atoms with van der Waals surface area (Å²) in [7, 11) is 0. The van der Waals surface area contributed by atoms with E-state index in [4.69, 9.17) is 5.26 Å². The maximum absolute atomic E-state index is 13.9. The Labute approximate surface area is 182 Å². The van der Waals surface area contributed by atoms with E-state index in [9.17, 15) is 26.7 Å². The average molecular weight is 451 g/mol. The van der Waals surface area contributed by atoms with Gasteiger partial charge < -0.3 is 5.32 Å². The number of benzene rings is 2. The van der Waals surface area contributed by atoms with Crippen LogP contribution in [0.2, 0.25) is 0 Å². The van der Waals surface area contributed by atoms with Crippen molar-refractivity contribution in [1.82, 2.24) is 10.6 Å². The monoisotopic (exact) mass is 451 g/mol. The quantitative estimate of drug-likeness (QED) is 0.545. The summed E-state index contributed by atoms with van der Waals surface area (Å²) in [6, 6.07) is 7.21. The van der Waals surface area contributed by atoms with Gasteiger partial charge in [0.1, 0.15) is 11.6 Å². The minimum Gasteiger partial charge on any atom is -0.336 e. The molecule has 1 aliphatic carbocycles. The predicted molar refractivity (Wildman–Crippen MR) is 108 cm³/mol. The fraction of sp³-hybridized carbons (Fsp3) is 0.391. The lowest BCUT2D eigenvalue weighted by Gasteiger charge is -2.28. The Morgan fingerprint density at radius 3 is 2.22 bits per heavy atom. The van der Waals surface area contributed by atoms with E-state index >= 15 is 0 Å². The first-order valence-corrected chi connectivity index (χ1v) is 10.2. The number of hydrogen-bond donors (Lipinski definition) is 2. The highest BCUT2D eigenvalue weighted by Gasteiger charge is 2.47. The third kappa shape index (κ3) is 5.43. The van der Waals surface area contributed by atoms with Gasteiger partial charge in [0.15, 0.2) is 11.6 Å². The topological polar surface area (TPSA) is 64.9 Å². The molecule has 1 saturated carbocycles. The molecule has 170 valence electrons. The lowest BCUT2D eigenvalue weighted by molar-refractivity contribution is -0.161. The lowest BCUT2D eigenvalue weighted by atomic mass is 9.99. The first-order valence-electron chi connectivity index (χ1n) is 10.2. The molecular formula is C23H22F5N3O. The van der Waals surface area contributed by atoms with Gasteiger partial charge in [0, 0.05) is 0 Å². The van der Waals surface area contributed by atoms with Crippen LogP contribution in [0.15, 0.2) is 42.5 Å². The van der Waals surface area contributed by atoms with Crippen molar-refractivity contribution < 1.29 is 26.7 Å². The Bertz CT molecular complexity index is 1010. The fourth-order valence-electron chi connectivity index (χ4n) is 3.42. The second-order valence-corrected chi connectivity index (χ2v) is 7.92. The number of alkyl halides is 3. The Morgan fingerprint density at radius 2 is 1.72 bits per heavy atom. The minimum atomic E-state index is -4.69. The Morgan fingerprint density at radius 1 is 1.09 bits per heavy atom. The summed E-state index contributed by atoms with van der Waals surface area (Å²) < 4.78 is 68.2. The van der Waals surface area contributed by atoms with Crippen LogP contribution in [0, 0.1) is 23.0 Å². The van der Waals surface area contributed by atoms with Crippen molar-refractivity contribution in [2.24, 2.45) is 0 Å². The fourth-order valence-corrected chi connectivity index (χ4v) is 3.42. The van der Waals surface area contributed by atoms with Crippen LogP contribution < -0.4 is 10.6 Å². The number of nitrogens with zero attached hydrogens (tertiary/aromatic N) is 1.